The summed E-state index contributed by atoms with van der Waals surface area (Å²) in [5.74, 6) is 0.816. The summed E-state index contributed by atoms with van der Waals surface area (Å²) in [5.41, 5.74) is 5.35. The van der Waals surface area contributed by atoms with Gasteiger partial charge in [0.1, 0.15) is 12.4 Å². The van der Waals surface area contributed by atoms with E-state index < -0.39 is 6.10 Å². The first-order chi connectivity index (χ1) is 18.3. The Morgan fingerprint density at radius 3 is 2.41 bits per heavy atom. The number of hydrogen-bond acceptors (Lipinski definition) is 5. The van der Waals surface area contributed by atoms with Gasteiger partial charge in [-0.15, -0.1) is 0 Å². The van der Waals surface area contributed by atoms with Crippen LogP contribution >= 0.6 is 0 Å². The zero-order chi connectivity index (χ0) is 25.5. The fourth-order valence-corrected chi connectivity index (χ4v) is 4.55. The molecule has 4 rings (SSSR count). The molecule has 0 saturated heterocycles. The normalized spacial score (nSPS) is 13.1. The van der Waals surface area contributed by atoms with Crippen LogP contribution in [0.1, 0.15) is 54.0 Å². The van der Waals surface area contributed by atoms with Crippen molar-refractivity contribution in [2.24, 2.45) is 0 Å². The molecule has 0 saturated carbocycles. The minimum atomic E-state index is -0.570. The second-order valence-electron chi connectivity index (χ2n) is 9.48. The van der Waals surface area contributed by atoms with Gasteiger partial charge in [-0.1, -0.05) is 91.7 Å². The fourth-order valence-electron chi connectivity index (χ4n) is 4.55. The number of ether oxygens (including phenoxy) is 2. The molecule has 3 aromatic rings. The predicted molar refractivity (Wildman–Crippen MR) is 152 cm³/mol. The first kappa shape index (κ1) is 26.9. The molecule has 0 radical (unpaired) electrons. The van der Waals surface area contributed by atoms with Gasteiger partial charge >= 0.3 is 0 Å². The Labute approximate surface area is 221 Å². The van der Waals surface area contributed by atoms with Gasteiger partial charge in [0.25, 0.3) is 0 Å². The molecular formula is C32H40N2O3. The van der Waals surface area contributed by atoms with E-state index in [0.717, 1.165) is 73.7 Å². The molecule has 3 N–H and O–H groups in total. The van der Waals surface area contributed by atoms with Crippen LogP contribution in [0.5, 0.6) is 5.75 Å². The second-order valence-corrected chi connectivity index (χ2v) is 9.48. The van der Waals surface area contributed by atoms with Crippen molar-refractivity contribution in [3.05, 3.63) is 101 Å². The Morgan fingerprint density at radius 1 is 0.838 bits per heavy atom. The van der Waals surface area contributed by atoms with Gasteiger partial charge in [0, 0.05) is 25.3 Å². The van der Waals surface area contributed by atoms with E-state index in [2.05, 4.69) is 59.2 Å². The molecule has 1 heterocycles. The van der Waals surface area contributed by atoms with E-state index in [9.17, 15) is 5.11 Å². The van der Waals surface area contributed by atoms with E-state index in [-0.39, 0.29) is 0 Å². The van der Waals surface area contributed by atoms with Crippen molar-refractivity contribution < 1.29 is 14.6 Å². The lowest BCUT2D eigenvalue weighted by molar-refractivity contribution is 0.133. The Morgan fingerprint density at radius 2 is 1.59 bits per heavy atom. The van der Waals surface area contributed by atoms with Crippen LogP contribution in [0.15, 0.2) is 78.9 Å². The van der Waals surface area contributed by atoms with Gasteiger partial charge in [-0.25, -0.2) is 0 Å². The van der Waals surface area contributed by atoms with Gasteiger partial charge in [-0.3, -0.25) is 0 Å². The van der Waals surface area contributed by atoms with Gasteiger partial charge in [-0.2, -0.15) is 0 Å². The summed E-state index contributed by atoms with van der Waals surface area (Å²) in [6.07, 6.45) is 9.11. The van der Waals surface area contributed by atoms with Crippen LogP contribution in [0.25, 0.3) is 6.08 Å². The molecule has 0 aliphatic carbocycles. The first-order valence-electron chi connectivity index (χ1n) is 13.6. The zero-order valence-corrected chi connectivity index (χ0v) is 21.7. The van der Waals surface area contributed by atoms with Crippen LogP contribution < -0.4 is 15.4 Å². The summed E-state index contributed by atoms with van der Waals surface area (Å²) in [6.45, 7) is 4.33. The van der Waals surface area contributed by atoms with Crippen LogP contribution in [0.2, 0.25) is 0 Å². The smallest absolute Gasteiger partial charge is 0.143 e. The average molecular weight is 501 g/mol. The van der Waals surface area contributed by atoms with Gasteiger partial charge in [0.2, 0.25) is 0 Å². The number of anilines is 1. The second kappa shape index (κ2) is 15.2. The molecule has 5 nitrogen and oxygen atoms in total. The van der Waals surface area contributed by atoms with E-state index in [4.69, 9.17) is 9.47 Å². The highest BCUT2D eigenvalue weighted by Crippen LogP contribution is 2.37. The maximum atomic E-state index is 10.9. The van der Waals surface area contributed by atoms with Crippen molar-refractivity contribution in [2.75, 3.05) is 38.2 Å². The molecular weight excluding hydrogens is 460 g/mol. The Kier molecular flexibility index (Phi) is 11.1. The van der Waals surface area contributed by atoms with Gasteiger partial charge < -0.3 is 25.2 Å². The summed E-state index contributed by atoms with van der Waals surface area (Å²) in [5, 5.41) is 17.7. The largest absolute Gasteiger partial charge is 0.487 e. The number of rotatable bonds is 16. The summed E-state index contributed by atoms with van der Waals surface area (Å²) < 4.78 is 11.9. The van der Waals surface area contributed by atoms with Crippen LogP contribution in [-0.2, 0) is 17.8 Å². The number of aliphatic hydroxyl groups is 1. The van der Waals surface area contributed by atoms with Crippen LogP contribution in [0.4, 0.5) is 5.69 Å². The SMILES string of the molecule is O[C@@H](CNCCCCCCOCCc1ccccc1)c1ccc(OCc2ccccc2)c2c1C=CCN2. The number of unbranched alkanes of at least 4 members (excludes halogenated alkanes) is 3. The Hall–Kier alpha value is -3.12. The minimum absolute atomic E-state index is 0.516. The molecule has 1 aliphatic heterocycles. The van der Waals surface area contributed by atoms with E-state index in [0.29, 0.717) is 13.2 Å². The van der Waals surface area contributed by atoms with Crippen molar-refractivity contribution in [3.63, 3.8) is 0 Å². The number of fused-ring (bicyclic) bond motifs is 1. The van der Waals surface area contributed by atoms with Crippen LogP contribution in [0, 0.1) is 0 Å². The highest BCUT2D eigenvalue weighted by molar-refractivity contribution is 5.78. The first-order valence-corrected chi connectivity index (χ1v) is 13.6. The summed E-state index contributed by atoms with van der Waals surface area (Å²) in [4.78, 5) is 0. The number of nitrogens with one attached hydrogen (secondary N) is 2. The highest BCUT2D eigenvalue weighted by atomic mass is 16.5. The highest BCUT2D eigenvalue weighted by Gasteiger charge is 2.19. The molecule has 37 heavy (non-hydrogen) atoms. The van der Waals surface area contributed by atoms with Crippen molar-refractivity contribution >= 4 is 11.8 Å². The Bertz CT molecular complexity index is 1090. The van der Waals surface area contributed by atoms with Crippen molar-refractivity contribution in [3.8, 4) is 5.75 Å². The molecule has 0 fully saturated rings. The van der Waals surface area contributed by atoms with Crippen LogP contribution in [-0.4, -0.2) is 38.0 Å². The van der Waals surface area contributed by atoms with Crippen LogP contribution in [0.3, 0.4) is 0 Å². The molecule has 1 atom stereocenters. The summed E-state index contributed by atoms with van der Waals surface area (Å²) in [7, 11) is 0. The molecule has 3 aromatic carbocycles. The molecule has 0 bridgehead atoms. The van der Waals surface area contributed by atoms with Crippen molar-refractivity contribution in [2.45, 2.75) is 44.8 Å². The Balaban J connectivity index is 1.12. The number of aliphatic hydroxyl groups excluding tert-OH is 1. The third-order valence-corrected chi connectivity index (χ3v) is 6.63. The lowest BCUT2D eigenvalue weighted by atomic mass is 9.97. The van der Waals surface area contributed by atoms with E-state index in [1.807, 2.05) is 36.4 Å². The lowest BCUT2D eigenvalue weighted by Crippen LogP contribution is -2.23. The minimum Gasteiger partial charge on any atom is -0.487 e. The molecule has 5 heteroatoms. The average Bonchev–Trinajstić information content (AvgIpc) is 2.95. The van der Waals surface area contributed by atoms with Crippen molar-refractivity contribution in [1.29, 1.82) is 0 Å². The molecule has 0 unspecified atom stereocenters. The predicted octanol–water partition coefficient (Wildman–Crippen LogP) is 6.15. The summed E-state index contributed by atoms with van der Waals surface area (Å²) >= 11 is 0. The van der Waals surface area contributed by atoms with Gasteiger partial charge in [-0.05, 0) is 48.6 Å². The van der Waals surface area contributed by atoms with E-state index in [1.54, 1.807) is 0 Å². The third kappa shape index (κ3) is 8.74. The monoisotopic (exact) mass is 500 g/mol. The lowest BCUT2D eigenvalue weighted by Gasteiger charge is -2.23. The van der Waals surface area contributed by atoms with E-state index in [1.165, 1.54) is 18.4 Å². The molecule has 196 valence electrons. The maximum Gasteiger partial charge on any atom is 0.143 e. The maximum absolute atomic E-state index is 10.9. The topological polar surface area (TPSA) is 62.8 Å². The quantitative estimate of drug-likeness (QED) is 0.206. The molecule has 0 amide bonds. The molecule has 0 spiro atoms. The number of hydrogen-bond donors (Lipinski definition) is 3. The number of benzene rings is 3. The molecule has 0 aromatic heterocycles. The third-order valence-electron chi connectivity index (χ3n) is 6.63. The van der Waals surface area contributed by atoms with Gasteiger partial charge in [0.05, 0.1) is 18.4 Å². The van der Waals surface area contributed by atoms with Crippen molar-refractivity contribution in [1.82, 2.24) is 5.32 Å². The standard InChI is InChI=1S/C32H40N2O3/c35-30(24-33-20-9-1-2-10-22-36-23-19-26-12-5-3-6-13-26)28-17-18-31(32-29(28)16-11-21-34-32)37-25-27-14-7-4-8-15-27/h3-8,11-18,30,33-35H,1-2,9-10,19-25H2/t30-/m0/s1. The fraction of sp³-hybridized carbons (Fsp3) is 0.375. The zero-order valence-electron chi connectivity index (χ0n) is 21.7. The molecule has 1 aliphatic rings. The van der Waals surface area contributed by atoms with Gasteiger partial charge in [0.15, 0.2) is 0 Å². The van der Waals surface area contributed by atoms with E-state index >= 15 is 0 Å². The summed E-state index contributed by atoms with van der Waals surface area (Å²) in [6, 6.07) is 24.6.